The lowest BCUT2D eigenvalue weighted by molar-refractivity contribution is -0.129. The molecule has 1 aromatic carbocycles. The number of ketones is 1. The van der Waals surface area contributed by atoms with Crippen LogP contribution in [0.4, 0.5) is 0 Å². The number of Topliss-reactive ketones (excluding diaryl/α,β-unsaturated/α-hetero) is 1. The topological polar surface area (TPSA) is 50.1 Å². The smallest absolute Gasteiger partial charge is 0.183 e. The second-order valence-corrected chi connectivity index (χ2v) is 4.39. The molecule has 3 unspecified atom stereocenters. The van der Waals surface area contributed by atoms with Crippen molar-refractivity contribution in [2.75, 3.05) is 0 Å². The third-order valence-electron chi connectivity index (χ3n) is 3.10. The number of rotatable bonds is 3. The summed E-state index contributed by atoms with van der Waals surface area (Å²) in [4.78, 5) is 12.2. The van der Waals surface area contributed by atoms with Gasteiger partial charge in [-0.15, -0.1) is 0 Å². The van der Waals surface area contributed by atoms with Gasteiger partial charge >= 0.3 is 0 Å². The first-order chi connectivity index (χ1) is 8.22. The maximum Gasteiger partial charge on any atom is 0.183 e. The molecule has 1 saturated heterocycles. The van der Waals surface area contributed by atoms with Crippen molar-refractivity contribution in [3.8, 4) is 6.07 Å². The molecule has 1 aliphatic rings. The summed E-state index contributed by atoms with van der Waals surface area (Å²) in [7, 11) is 0. The first-order valence-electron chi connectivity index (χ1n) is 5.86. The van der Waals surface area contributed by atoms with Gasteiger partial charge in [-0.3, -0.25) is 4.79 Å². The highest BCUT2D eigenvalue weighted by atomic mass is 16.5. The number of hydrogen-bond donors (Lipinski definition) is 0. The molecule has 1 heterocycles. The second kappa shape index (κ2) is 5.11. The van der Waals surface area contributed by atoms with Gasteiger partial charge in [0.25, 0.3) is 0 Å². The first kappa shape index (κ1) is 11.8. The molecule has 3 nitrogen and oxygen atoms in total. The molecule has 0 aromatic heterocycles. The predicted molar refractivity (Wildman–Crippen MR) is 63.4 cm³/mol. The molecular formula is C14H15NO2. The minimum Gasteiger partial charge on any atom is -0.367 e. The molecule has 0 bridgehead atoms. The van der Waals surface area contributed by atoms with E-state index in [0.29, 0.717) is 0 Å². The summed E-state index contributed by atoms with van der Waals surface area (Å²) >= 11 is 0. The molecule has 1 aromatic rings. The van der Waals surface area contributed by atoms with E-state index >= 15 is 0 Å². The molecule has 2 rings (SSSR count). The molecule has 0 spiro atoms. The van der Waals surface area contributed by atoms with Crippen LogP contribution in [0.2, 0.25) is 0 Å². The molecule has 17 heavy (non-hydrogen) atoms. The normalized spacial score (nSPS) is 25.2. The molecule has 0 saturated carbocycles. The number of carbonyl (C=O) groups is 1. The van der Waals surface area contributed by atoms with Gasteiger partial charge in [-0.25, -0.2) is 0 Å². The van der Waals surface area contributed by atoms with Crippen molar-refractivity contribution in [3.05, 3.63) is 35.9 Å². The fraction of sp³-hybridized carbons (Fsp3) is 0.429. The number of nitrogens with zero attached hydrogens (tertiary/aromatic N) is 1. The summed E-state index contributed by atoms with van der Waals surface area (Å²) in [6, 6.07) is 11.2. The number of nitriles is 1. The second-order valence-electron chi connectivity index (χ2n) is 4.39. The van der Waals surface area contributed by atoms with Gasteiger partial charge in [0.1, 0.15) is 12.0 Å². The minimum atomic E-state index is -0.702. The lowest BCUT2D eigenvalue weighted by Crippen LogP contribution is -2.26. The van der Waals surface area contributed by atoms with Gasteiger partial charge in [-0.1, -0.05) is 30.3 Å². The Morgan fingerprint density at radius 2 is 2.12 bits per heavy atom. The van der Waals surface area contributed by atoms with Crippen LogP contribution in [0.1, 0.15) is 31.2 Å². The molecular weight excluding hydrogens is 214 g/mol. The summed E-state index contributed by atoms with van der Waals surface area (Å²) in [5.74, 6) is -0.811. The van der Waals surface area contributed by atoms with Crippen molar-refractivity contribution in [1.82, 2.24) is 0 Å². The molecule has 88 valence electrons. The van der Waals surface area contributed by atoms with Crippen LogP contribution in [0.3, 0.4) is 0 Å². The lowest BCUT2D eigenvalue weighted by atomic mass is 9.92. The minimum absolute atomic E-state index is 0.108. The average Bonchev–Trinajstić information content (AvgIpc) is 2.78. The van der Waals surface area contributed by atoms with Gasteiger partial charge in [0.05, 0.1) is 12.2 Å². The summed E-state index contributed by atoms with van der Waals surface area (Å²) in [5, 5.41) is 9.15. The summed E-state index contributed by atoms with van der Waals surface area (Å²) in [6.07, 6.45) is 1.34. The van der Waals surface area contributed by atoms with Crippen molar-refractivity contribution in [3.63, 3.8) is 0 Å². The molecule has 0 N–H and O–H groups in total. The number of ether oxygens (including phenoxy) is 1. The third-order valence-corrected chi connectivity index (χ3v) is 3.10. The Bertz CT molecular complexity index is 435. The quantitative estimate of drug-likeness (QED) is 0.799. The lowest BCUT2D eigenvalue weighted by Gasteiger charge is -2.14. The fourth-order valence-corrected chi connectivity index (χ4v) is 2.15. The van der Waals surface area contributed by atoms with E-state index in [1.54, 1.807) is 0 Å². The Morgan fingerprint density at radius 3 is 2.65 bits per heavy atom. The standard InChI is InChI=1S/C14H15NO2/c1-10-7-8-13(17-10)14(16)12(9-15)11-5-3-2-4-6-11/h2-6,10,12-13H,7-8H2,1H3. The van der Waals surface area contributed by atoms with Gasteiger partial charge in [0, 0.05) is 0 Å². The molecule has 0 amide bonds. The van der Waals surface area contributed by atoms with E-state index in [1.165, 1.54) is 0 Å². The van der Waals surface area contributed by atoms with Gasteiger partial charge in [-0.2, -0.15) is 5.26 Å². The molecule has 3 heteroatoms. The Labute approximate surface area is 101 Å². The SMILES string of the molecule is CC1CCC(C(=O)C(C#N)c2ccccc2)O1. The van der Waals surface area contributed by atoms with Crippen LogP contribution in [-0.4, -0.2) is 18.0 Å². The summed E-state index contributed by atoms with van der Waals surface area (Å²) < 4.78 is 5.53. The van der Waals surface area contributed by atoms with Crippen molar-refractivity contribution in [2.24, 2.45) is 0 Å². The highest BCUT2D eigenvalue weighted by Crippen LogP contribution is 2.26. The van der Waals surface area contributed by atoms with Crippen molar-refractivity contribution < 1.29 is 9.53 Å². The zero-order valence-corrected chi connectivity index (χ0v) is 9.80. The maximum absolute atomic E-state index is 12.2. The molecule has 0 radical (unpaired) electrons. The van der Waals surface area contributed by atoms with Gasteiger partial charge in [0.2, 0.25) is 0 Å². The van der Waals surface area contributed by atoms with Crippen LogP contribution in [0.25, 0.3) is 0 Å². The van der Waals surface area contributed by atoms with Gasteiger partial charge in [0.15, 0.2) is 5.78 Å². The van der Waals surface area contributed by atoms with E-state index in [-0.39, 0.29) is 11.9 Å². The molecule has 3 atom stereocenters. The van der Waals surface area contributed by atoms with Crippen LogP contribution < -0.4 is 0 Å². The Hall–Kier alpha value is -1.66. The fourth-order valence-electron chi connectivity index (χ4n) is 2.15. The highest BCUT2D eigenvalue weighted by Gasteiger charge is 2.33. The first-order valence-corrected chi connectivity index (χ1v) is 5.86. The summed E-state index contributed by atoms with van der Waals surface area (Å²) in [6.45, 7) is 1.96. The molecule has 1 aliphatic heterocycles. The highest BCUT2D eigenvalue weighted by molar-refractivity contribution is 5.92. The summed E-state index contributed by atoms with van der Waals surface area (Å²) in [5.41, 5.74) is 0.753. The van der Waals surface area contributed by atoms with E-state index in [2.05, 4.69) is 6.07 Å². The van der Waals surface area contributed by atoms with Gasteiger partial charge in [-0.05, 0) is 25.3 Å². The van der Waals surface area contributed by atoms with Crippen LogP contribution in [0.5, 0.6) is 0 Å². The van der Waals surface area contributed by atoms with Gasteiger partial charge < -0.3 is 4.74 Å². The number of benzene rings is 1. The maximum atomic E-state index is 12.2. The van der Waals surface area contributed by atoms with E-state index < -0.39 is 12.0 Å². The third kappa shape index (κ3) is 2.54. The van der Waals surface area contributed by atoms with E-state index in [1.807, 2.05) is 37.3 Å². The monoisotopic (exact) mass is 229 g/mol. The largest absolute Gasteiger partial charge is 0.367 e. The van der Waals surface area contributed by atoms with Crippen LogP contribution >= 0.6 is 0 Å². The number of carbonyl (C=O) groups excluding carboxylic acids is 1. The van der Waals surface area contributed by atoms with Crippen molar-refractivity contribution in [1.29, 1.82) is 5.26 Å². The van der Waals surface area contributed by atoms with Crippen LogP contribution in [0, 0.1) is 11.3 Å². The van der Waals surface area contributed by atoms with E-state index in [0.717, 1.165) is 18.4 Å². The zero-order chi connectivity index (χ0) is 12.3. The van der Waals surface area contributed by atoms with Crippen molar-refractivity contribution >= 4 is 5.78 Å². The van der Waals surface area contributed by atoms with Crippen LogP contribution in [0.15, 0.2) is 30.3 Å². The van der Waals surface area contributed by atoms with E-state index in [4.69, 9.17) is 10.00 Å². The zero-order valence-electron chi connectivity index (χ0n) is 9.80. The number of hydrogen-bond acceptors (Lipinski definition) is 3. The van der Waals surface area contributed by atoms with Crippen LogP contribution in [-0.2, 0) is 9.53 Å². The van der Waals surface area contributed by atoms with Crippen molar-refractivity contribution in [2.45, 2.75) is 37.9 Å². The Morgan fingerprint density at radius 1 is 1.41 bits per heavy atom. The Kier molecular flexibility index (Phi) is 3.55. The molecule has 1 fully saturated rings. The molecule has 0 aliphatic carbocycles. The average molecular weight is 229 g/mol. The van der Waals surface area contributed by atoms with E-state index in [9.17, 15) is 4.79 Å². The Balaban J connectivity index is 2.15. The predicted octanol–water partition coefficient (Wildman–Crippen LogP) is 2.43.